The fraction of sp³-hybridized carbons (Fsp3) is 0.190. The Morgan fingerprint density at radius 3 is 1.78 bits per heavy atom. The Morgan fingerprint density at radius 2 is 1.12 bits per heavy atom. The Kier molecular flexibility index (Phi) is 6.50. The van der Waals surface area contributed by atoms with Crippen LogP contribution in [0.3, 0.4) is 0 Å². The number of benzene rings is 4. The van der Waals surface area contributed by atoms with Crippen LogP contribution in [0.15, 0.2) is 125 Å². The van der Waals surface area contributed by atoms with Gasteiger partial charge >= 0.3 is 0 Å². The highest BCUT2D eigenvalue weighted by molar-refractivity contribution is 6.24. The van der Waals surface area contributed by atoms with Crippen molar-refractivity contribution in [3.8, 4) is 28.2 Å². The lowest BCUT2D eigenvalue weighted by Gasteiger charge is -2.17. The molecule has 0 radical (unpaired) electrons. The predicted octanol–water partition coefficient (Wildman–Crippen LogP) is 9.17. The maximum absolute atomic E-state index is 6.16. The highest BCUT2D eigenvalue weighted by Crippen LogP contribution is 2.42. The molecule has 0 N–H and O–H groups in total. The van der Waals surface area contributed by atoms with Crippen LogP contribution in [-0.4, -0.2) is 50.6 Å². The molecule has 0 spiro atoms. The van der Waals surface area contributed by atoms with Gasteiger partial charge in [-0.1, -0.05) is 66.7 Å². The van der Waals surface area contributed by atoms with Crippen molar-refractivity contribution in [3.63, 3.8) is 0 Å². The third kappa shape index (κ3) is 5.05. The van der Waals surface area contributed by atoms with E-state index in [9.17, 15) is 0 Å². The first-order valence-electron chi connectivity index (χ1n) is 16.7. The van der Waals surface area contributed by atoms with Gasteiger partial charge in [-0.15, -0.1) is 0 Å². The summed E-state index contributed by atoms with van der Waals surface area (Å²) in [6.07, 6.45) is 0. The largest absolute Gasteiger partial charge is 0.468 e. The molecule has 9 rings (SSSR count). The summed E-state index contributed by atoms with van der Waals surface area (Å²) in [5.41, 5.74) is 7.93. The Balaban J connectivity index is 1.27. The zero-order chi connectivity index (χ0) is 33.3. The molecule has 7 aromatic rings. The van der Waals surface area contributed by atoms with Gasteiger partial charge in [-0.2, -0.15) is 0 Å². The van der Waals surface area contributed by atoms with E-state index in [1.165, 1.54) is 16.2 Å². The van der Waals surface area contributed by atoms with E-state index in [4.69, 9.17) is 19.4 Å². The molecule has 3 aromatic heterocycles. The van der Waals surface area contributed by atoms with E-state index in [0.29, 0.717) is 24.9 Å². The van der Waals surface area contributed by atoms with Crippen LogP contribution in [0.4, 0.5) is 0 Å². The number of pyridine rings is 2. The lowest BCUT2D eigenvalue weighted by atomic mass is 9.96. The van der Waals surface area contributed by atoms with Crippen LogP contribution < -0.4 is 0 Å². The van der Waals surface area contributed by atoms with Crippen LogP contribution in [0, 0.1) is 0 Å². The Morgan fingerprint density at radius 1 is 0.531 bits per heavy atom. The van der Waals surface area contributed by atoms with Crippen molar-refractivity contribution in [1.82, 2.24) is 14.5 Å². The summed E-state index contributed by atoms with van der Waals surface area (Å²) in [6, 6.07) is 40.2. The fourth-order valence-electron chi connectivity index (χ4n) is 6.97. The van der Waals surface area contributed by atoms with Crippen LogP contribution >= 0.6 is 0 Å². The molecule has 0 unspecified atom stereocenters. The minimum Gasteiger partial charge on any atom is -0.468 e. The van der Waals surface area contributed by atoms with Gasteiger partial charge < -0.3 is 14.0 Å². The molecule has 0 saturated carbocycles. The molecular formula is C42H35N5O2. The monoisotopic (exact) mass is 641 g/mol. The summed E-state index contributed by atoms with van der Waals surface area (Å²) in [7, 11) is 0. The number of aromatic nitrogens is 3. The maximum Gasteiger partial charge on any atom is 0.236 e. The molecule has 240 valence electrons. The SMILES string of the molecule is CC1(C)CN=C(c2cccc(-c3ccc4c5c6ccccc6c(-c6cccc(C7=NCC(C)(C)O7)n6)cc5n(-c5ccccc5)c4c3)n2)O1. The van der Waals surface area contributed by atoms with E-state index in [1.54, 1.807) is 0 Å². The van der Waals surface area contributed by atoms with Crippen LogP contribution in [0.5, 0.6) is 0 Å². The smallest absolute Gasteiger partial charge is 0.236 e. The summed E-state index contributed by atoms with van der Waals surface area (Å²) in [6.45, 7) is 9.43. The van der Waals surface area contributed by atoms with Crippen LogP contribution in [0.25, 0.3) is 60.8 Å². The fourth-order valence-corrected chi connectivity index (χ4v) is 6.97. The predicted molar refractivity (Wildman–Crippen MR) is 198 cm³/mol. The van der Waals surface area contributed by atoms with Gasteiger partial charge in [-0.05, 0) is 87.0 Å². The van der Waals surface area contributed by atoms with Crippen LogP contribution in [0.2, 0.25) is 0 Å². The number of fused-ring (bicyclic) bond motifs is 5. The Labute approximate surface area is 284 Å². The average Bonchev–Trinajstić information content (AvgIpc) is 3.79. The van der Waals surface area contributed by atoms with Crippen LogP contribution in [0.1, 0.15) is 39.1 Å². The first kappa shape index (κ1) is 29.3. The molecule has 7 nitrogen and oxygen atoms in total. The van der Waals surface area contributed by atoms with Crippen molar-refractivity contribution < 1.29 is 9.47 Å². The molecule has 0 atom stereocenters. The zero-order valence-corrected chi connectivity index (χ0v) is 27.9. The third-order valence-corrected chi connectivity index (χ3v) is 9.25. The molecule has 0 amide bonds. The van der Waals surface area contributed by atoms with Crippen molar-refractivity contribution in [3.05, 3.63) is 127 Å². The normalized spacial score (nSPS) is 16.5. The molecule has 0 bridgehead atoms. The summed E-state index contributed by atoms with van der Waals surface area (Å²) in [4.78, 5) is 19.4. The third-order valence-electron chi connectivity index (χ3n) is 9.25. The highest BCUT2D eigenvalue weighted by Gasteiger charge is 2.30. The van der Waals surface area contributed by atoms with Crippen LogP contribution in [-0.2, 0) is 9.47 Å². The molecule has 0 fully saturated rings. The second kappa shape index (κ2) is 10.9. The maximum atomic E-state index is 6.16. The van der Waals surface area contributed by atoms with Gasteiger partial charge in [0, 0.05) is 27.6 Å². The van der Waals surface area contributed by atoms with Gasteiger partial charge in [0.2, 0.25) is 11.8 Å². The standard InChI is InChI=1S/C42H35N5O2/c1-41(2)24-43-39(48-41)34-18-10-16-32(45-34)26-20-21-30-36(22-26)47(27-12-6-5-7-13-27)37-23-31(28-14-8-9-15-29(28)38(30)37)33-17-11-19-35(46-33)40-44-25-42(3,4)49-40/h5-23H,24-25H2,1-4H3. The number of aliphatic imine (C=N–C) groups is 2. The first-order valence-corrected chi connectivity index (χ1v) is 16.7. The zero-order valence-electron chi connectivity index (χ0n) is 27.9. The van der Waals surface area contributed by atoms with Crippen molar-refractivity contribution >= 4 is 44.4 Å². The van der Waals surface area contributed by atoms with E-state index in [0.717, 1.165) is 56.0 Å². The molecule has 0 aliphatic carbocycles. The quantitative estimate of drug-likeness (QED) is 0.188. The second-order valence-corrected chi connectivity index (χ2v) is 14.0. The van der Waals surface area contributed by atoms with Crippen molar-refractivity contribution in [1.29, 1.82) is 0 Å². The van der Waals surface area contributed by atoms with Gasteiger partial charge in [0.1, 0.15) is 22.6 Å². The van der Waals surface area contributed by atoms with E-state index >= 15 is 0 Å². The molecule has 49 heavy (non-hydrogen) atoms. The number of rotatable bonds is 5. The number of ether oxygens (including phenoxy) is 2. The minimum atomic E-state index is -0.333. The molecule has 2 aliphatic rings. The Hall–Kier alpha value is -5.82. The van der Waals surface area contributed by atoms with Crippen molar-refractivity contribution in [2.75, 3.05) is 13.1 Å². The van der Waals surface area contributed by atoms with Gasteiger partial charge in [0.05, 0.1) is 35.5 Å². The van der Waals surface area contributed by atoms with Gasteiger partial charge in [0.25, 0.3) is 0 Å². The van der Waals surface area contributed by atoms with Gasteiger partial charge in [0.15, 0.2) is 0 Å². The van der Waals surface area contributed by atoms with E-state index in [-0.39, 0.29) is 11.2 Å². The molecular weight excluding hydrogens is 606 g/mol. The van der Waals surface area contributed by atoms with E-state index in [2.05, 4.69) is 113 Å². The lowest BCUT2D eigenvalue weighted by Crippen LogP contribution is -2.24. The molecule has 4 aromatic carbocycles. The number of nitrogens with zero attached hydrogens (tertiary/aromatic N) is 5. The Bertz CT molecular complexity index is 2510. The highest BCUT2D eigenvalue weighted by atomic mass is 16.5. The molecule has 0 saturated heterocycles. The average molecular weight is 642 g/mol. The van der Waals surface area contributed by atoms with E-state index in [1.807, 2.05) is 44.2 Å². The van der Waals surface area contributed by atoms with Gasteiger partial charge in [-0.25, -0.2) is 20.0 Å². The summed E-state index contributed by atoms with van der Waals surface area (Å²) >= 11 is 0. The van der Waals surface area contributed by atoms with E-state index < -0.39 is 0 Å². The summed E-state index contributed by atoms with van der Waals surface area (Å²) in [5.74, 6) is 1.19. The molecule has 7 heteroatoms. The minimum absolute atomic E-state index is 0.323. The number of hydrogen-bond acceptors (Lipinski definition) is 6. The first-order chi connectivity index (χ1) is 23.7. The van der Waals surface area contributed by atoms with Crippen molar-refractivity contribution in [2.45, 2.75) is 38.9 Å². The summed E-state index contributed by atoms with van der Waals surface area (Å²) < 4.78 is 14.6. The topological polar surface area (TPSA) is 73.9 Å². The lowest BCUT2D eigenvalue weighted by molar-refractivity contribution is 0.130. The van der Waals surface area contributed by atoms with Gasteiger partial charge in [-0.3, -0.25) is 0 Å². The molecule has 2 aliphatic heterocycles. The van der Waals surface area contributed by atoms with Crippen molar-refractivity contribution in [2.24, 2.45) is 9.98 Å². The summed E-state index contributed by atoms with van der Waals surface area (Å²) in [5, 5.41) is 4.68. The second-order valence-electron chi connectivity index (χ2n) is 14.0. The number of hydrogen-bond donors (Lipinski definition) is 0. The number of para-hydroxylation sites is 1. The molecule has 5 heterocycles.